The lowest BCUT2D eigenvalue weighted by Gasteiger charge is -2.28. The van der Waals surface area contributed by atoms with E-state index in [1.165, 1.54) is 19.3 Å². The maximum atomic E-state index is 12.0. The van der Waals surface area contributed by atoms with E-state index < -0.39 is 11.9 Å². The first-order valence-electron chi connectivity index (χ1n) is 8.19. The van der Waals surface area contributed by atoms with Crippen molar-refractivity contribution in [2.45, 2.75) is 76.7 Å². The van der Waals surface area contributed by atoms with Gasteiger partial charge in [-0.25, -0.2) is 0 Å². The lowest BCUT2D eigenvalue weighted by Crippen LogP contribution is -2.44. The Morgan fingerprint density at radius 3 is 2.25 bits per heavy atom. The first-order valence-corrected chi connectivity index (χ1v) is 8.19. The summed E-state index contributed by atoms with van der Waals surface area (Å²) in [4.78, 5) is 23.4. The fourth-order valence-electron chi connectivity index (χ4n) is 3.35. The van der Waals surface area contributed by atoms with Gasteiger partial charge >= 0.3 is 5.97 Å². The van der Waals surface area contributed by atoms with Crippen molar-refractivity contribution >= 4 is 11.9 Å². The minimum absolute atomic E-state index is 0.0497. The highest BCUT2D eigenvalue weighted by Crippen LogP contribution is 2.30. The maximum Gasteiger partial charge on any atom is 0.308 e. The van der Waals surface area contributed by atoms with Crippen molar-refractivity contribution in [2.24, 2.45) is 11.8 Å². The predicted molar refractivity (Wildman–Crippen MR) is 77.3 cm³/mol. The number of carboxylic acids is 1. The zero-order chi connectivity index (χ0) is 14.4. The summed E-state index contributed by atoms with van der Waals surface area (Å²) in [5.74, 6) is -0.374. The highest BCUT2D eigenvalue weighted by atomic mass is 16.4. The van der Waals surface area contributed by atoms with Crippen molar-refractivity contribution in [3.63, 3.8) is 0 Å². The third-order valence-electron chi connectivity index (χ3n) is 4.93. The van der Waals surface area contributed by atoms with E-state index in [0.717, 1.165) is 44.4 Å². The second kappa shape index (κ2) is 7.65. The van der Waals surface area contributed by atoms with Crippen LogP contribution in [0.5, 0.6) is 0 Å². The Hall–Kier alpha value is -1.06. The summed E-state index contributed by atoms with van der Waals surface area (Å²) in [6.45, 7) is 0. The van der Waals surface area contributed by atoms with Gasteiger partial charge in [-0.15, -0.1) is 0 Å². The van der Waals surface area contributed by atoms with E-state index in [0.29, 0.717) is 12.8 Å². The van der Waals surface area contributed by atoms with E-state index in [4.69, 9.17) is 0 Å². The minimum atomic E-state index is -0.754. The number of carbonyl (C=O) groups excluding carboxylic acids is 1. The largest absolute Gasteiger partial charge is 0.481 e. The zero-order valence-electron chi connectivity index (χ0n) is 12.3. The molecule has 2 aliphatic rings. The van der Waals surface area contributed by atoms with Crippen LogP contribution < -0.4 is 5.32 Å². The van der Waals surface area contributed by atoms with E-state index in [2.05, 4.69) is 5.32 Å². The molecule has 20 heavy (non-hydrogen) atoms. The Bertz CT molecular complexity index is 339. The number of amides is 1. The van der Waals surface area contributed by atoms with Gasteiger partial charge < -0.3 is 10.4 Å². The Morgan fingerprint density at radius 2 is 1.65 bits per heavy atom. The molecule has 2 aliphatic carbocycles. The number of rotatable bonds is 5. The van der Waals surface area contributed by atoms with Crippen LogP contribution in [-0.2, 0) is 9.59 Å². The molecule has 0 aromatic heterocycles. The molecule has 0 bridgehead atoms. The summed E-state index contributed by atoms with van der Waals surface area (Å²) in [5, 5.41) is 12.4. The van der Waals surface area contributed by atoms with Gasteiger partial charge in [0.1, 0.15) is 0 Å². The number of hydrogen-bond donors (Lipinski definition) is 2. The summed E-state index contributed by atoms with van der Waals surface area (Å²) in [6, 6.07) is -0.165. The summed E-state index contributed by atoms with van der Waals surface area (Å²) in [6.07, 6.45) is 11.1. The molecule has 0 spiro atoms. The first kappa shape index (κ1) is 15.3. The number of carbonyl (C=O) groups is 2. The van der Waals surface area contributed by atoms with Gasteiger partial charge in [0.25, 0.3) is 0 Å². The second-order valence-corrected chi connectivity index (χ2v) is 6.45. The molecule has 0 aliphatic heterocycles. The average Bonchev–Trinajstić information content (AvgIpc) is 2.30. The minimum Gasteiger partial charge on any atom is -0.481 e. The van der Waals surface area contributed by atoms with E-state index in [1.807, 2.05) is 0 Å². The van der Waals surface area contributed by atoms with Crippen molar-refractivity contribution in [1.29, 1.82) is 0 Å². The second-order valence-electron chi connectivity index (χ2n) is 6.45. The van der Waals surface area contributed by atoms with Crippen LogP contribution >= 0.6 is 0 Å². The van der Waals surface area contributed by atoms with Crippen molar-refractivity contribution in [3.8, 4) is 0 Å². The number of aliphatic carboxylic acids is 1. The molecule has 2 saturated carbocycles. The Labute approximate surface area is 121 Å². The summed E-state index contributed by atoms with van der Waals surface area (Å²) < 4.78 is 0. The Kier molecular flexibility index (Phi) is 5.86. The van der Waals surface area contributed by atoms with Crippen molar-refractivity contribution in [2.75, 3.05) is 0 Å². The number of carboxylic acid groups (broad SMARTS) is 1. The summed E-state index contributed by atoms with van der Waals surface area (Å²) >= 11 is 0. The fraction of sp³-hybridized carbons (Fsp3) is 0.875. The quantitative estimate of drug-likeness (QED) is 0.813. The van der Waals surface area contributed by atoms with Crippen LogP contribution in [0.15, 0.2) is 0 Å². The van der Waals surface area contributed by atoms with E-state index >= 15 is 0 Å². The molecule has 2 unspecified atom stereocenters. The first-order chi connectivity index (χ1) is 9.66. The van der Waals surface area contributed by atoms with Crippen molar-refractivity contribution < 1.29 is 14.7 Å². The van der Waals surface area contributed by atoms with Crippen LogP contribution in [0.25, 0.3) is 0 Å². The van der Waals surface area contributed by atoms with Gasteiger partial charge in [-0.2, -0.15) is 0 Å². The average molecular weight is 281 g/mol. The summed E-state index contributed by atoms with van der Waals surface area (Å²) in [5.41, 5.74) is 0. The van der Waals surface area contributed by atoms with E-state index in [-0.39, 0.29) is 11.9 Å². The highest BCUT2D eigenvalue weighted by molar-refractivity contribution is 5.78. The highest BCUT2D eigenvalue weighted by Gasteiger charge is 2.30. The molecule has 2 atom stereocenters. The molecular formula is C16H27NO3. The Morgan fingerprint density at radius 1 is 0.950 bits per heavy atom. The van der Waals surface area contributed by atoms with Crippen LogP contribution in [-0.4, -0.2) is 23.0 Å². The molecule has 0 radical (unpaired) electrons. The number of nitrogens with one attached hydrogen (secondary N) is 1. The SMILES string of the molecule is O=C(CCC1CCC1)NC1CCCCCCC1C(=O)O. The van der Waals surface area contributed by atoms with Gasteiger partial charge in [0.05, 0.1) is 5.92 Å². The van der Waals surface area contributed by atoms with Gasteiger partial charge in [0, 0.05) is 12.5 Å². The van der Waals surface area contributed by atoms with Gasteiger partial charge in [-0.1, -0.05) is 44.9 Å². The molecule has 4 nitrogen and oxygen atoms in total. The van der Waals surface area contributed by atoms with Gasteiger partial charge in [-0.3, -0.25) is 9.59 Å². The van der Waals surface area contributed by atoms with Gasteiger partial charge in [0.2, 0.25) is 5.91 Å². The van der Waals surface area contributed by atoms with E-state index in [9.17, 15) is 14.7 Å². The molecule has 1 amide bonds. The third-order valence-corrected chi connectivity index (χ3v) is 4.93. The predicted octanol–water partition coefficient (Wildman–Crippen LogP) is 3.11. The molecule has 4 heteroatoms. The van der Waals surface area contributed by atoms with Crippen LogP contribution in [0.3, 0.4) is 0 Å². The molecule has 0 heterocycles. The molecule has 2 fully saturated rings. The van der Waals surface area contributed by atoms with Crippen LogP contribution in [0.1, 0.15) is 70.6 Å². The van der Waals surface area contributed by atoms with Gasteiger partial charge in [-0.05, 0) is 25.2 Å². The maximum absolute atomic E-state index is 12.0. The molecule has 0 aromatic carbocycles. The molecular weight excluding hydrogens is 254 g/mol. The van der Waals surface area contributed by atoms with Crippen LogP contribution in [0.2, 0.25) is 0 Å². The van der Waals surface area contributed by atoms with Gasteiger partial charge in [0.15, 0.2) is 0 Å². The third kappa shape index (κ3) is 4.50. The zero-order valence-corrected chi connectivity index (χ0v) is 12.3. The molecule has 114 valence electrons. The molecule has 0 aromatic rings. The topological polar surface area (TPSA) is 66.4 Å². The lowest BCUT2D eigenvalue weighted by atomic mass is 9.82. The molecule has 0 saturated heterocycles. The standard InChI is InChI=1S/C16H27NO3/c18-15(11-10-12-6-5-7-12)17-14-9-4-2-1-3-8-13(14)16(19)20/h12-14H,1-11H2,(H,17,18)(H,19,20). The summed E-state index contributed by atoms with van der Waals surface area (Å²) in [7, 11) is 0. The number of hydrogen-bond acceptors (Lipinski definition) is 2. The Balaban J connectivity index is 1.81. The molecule has 2 N–H and O–H groups in total. The van der Waals surface area contributed by atoms with Crippen LogP contribution in [0, 0.1) is 11.8 Å². The normalized spacial score (nSPS) is 28.0. The van der Waals surface area contributed by atoms with E-state index in [1.54, 1.807) is 0 Å². The van der Waals surface area contributed by atoms with Crippen molar-refractivity contribution in [3.05, 3.63) is 0 Å². The molecule has 2 rings (SSSR count). The lowest BCUT2D eigenvalue weighted by molar-refractivity contribution is -0.143. The fourth-order valence-corrected chi connectivity index (χ4v) is 3.35. The smallest absolute Gasteiger partial charge is 0.308 e. The van der Waals surface area contributed by atoms with Crippen molar-refractivity contribution in [1.82, 2.24) is 5.32 Å². The van der Waals surface area contributed by atoms with Crippen LogP contribution in [0.4, 0.5) is 0 Å². The monoisotopic (exact) mass is 281 g/mol.